The minimum Gasteiger partial charge on any atom is -0.497 e. The summed E-state index contributed by atoms with van der Waals surface area (Å²) in [4.78, 5) is 12.8. The predicted octanol–water partition coefficient (Wildman–Crippen LogP) is 4.25. The van der Waals surface area contributed by atoms with Gasteiger partial charge in [0.15, 0.2) is 0 Å². The number of aryl methyl sites for hydroxylation is 1. The number of anilines is 1. The lowest BCUT2D eigenvalue weighted by molar-refractivity contribution is -0.119. The number of methoxy groups -OCH3 is 1. The van der Waals surface area contributed by atoms with Gasteiger partial charge in [-0.05, 0) is 48.9 Å². The lowest BCUT2D eigenvalue weighted by Gasteiger charge is -2.24. The van der Waals surface area contributed by atoms with E-state index in [1.54, 1.807) is 67.4 Å². The second kappa shape index (κ2) is 11.8. The molecule has 0 saturated heterocycles. The number of sulfonamides is 1. The number of hydrogen-bond acceptors (Lipinski definition) is 5. The van der Waals surface area contributed by atoms with Crippen LogP contribution in [-0.2, 0) is 20.6 Å². The smallest absolute Gasteiger partial charge is 0.264 e. The Morgan fingerprint density at radius 1 is 0.970 bits per heavy atom. The highest BCUT2D eigenvalue weighted by molar-refractivity contribution is 7.98. The molecule has 0 heterocycles. The fourth-order valence-electron chi connectivity index (χ4n) is 3.11. The summed E-state index contributed by atoms with van der Waals surface area (Å²) in [6.45, 7) is 2.03. The predicted molar refractivity (Wildman–Crippen MR) is 134 cm³/mol. The van der Waals surface area contributed by atoms with Gasteiger partial charge in [0.05, 0.1) is 17.7 Å². The van der Waals surface area contributed by atoms with E-state index in [1.165, 1.54) is 5.56 Å². The van der Waals surface area contributed by atoms with Crippen LogP contribution in [0, 0.1) is 6.92 Å². The van der Waals surface area contributed by atoms with Crippen LogP contribution in [0.5, 0.6) is 5.75 Å². The molecule has 3 aromatic rings. The third-order valence-electron chi connectivity index (χ3n) is 4.94. The Morgan fingerprint density at radius 3 is 2.27 bits per heavy atom. The van der Waals surface area contributed by atoms with Crippen LogP contribution in [0.3, 0.4) is 0 Å². The van der Waals surface area contributed by atoms with Crippen LogP contribution in [0.25, 0.3) is 0 Å². The number of nitrogens with zero attached hydrogens (tertiary/aromatic N) is 1. The summed E-state index contributed by atoms with van der Waals surface area (Å²) in [5, 5.41) is 2.83. The van der Waals surface area contributed by atoms with E-state index in [0.717, 1.165) is 21.4 Å². The lowest BCUT2D eigenvalue weighted by atomic mass is 10.2. The zero-order valence-electron chi connectivity index (χ0n) is 18.7. The molecule has 3 rings (SSSR count). The molecule has 0 atom stereocenters. The average Bonchev–Trinajstić information content (AvgIpc) is 2.83. The maximum Gasteiger partial charge on any atom is 0.264 e. The number of carbonyl (C=O) groups is 1. The molecular formula is C25H28N2O4S2. The molecular weight excluding hydrogens is 456 g/mol. The maximum atomic E-state index is 13.4. The topological polar surface area (TPSA) is 75.7 Å². The summed E-state index contributed by atoms with van der Waals surface area (Å²) in [7, 11) is -2.39. The normalized spacial score (nSPS) is 11.1. The summed E-state index contributed by atoms with van der Waals surface area (Å²) >= 11 is 1.71. The largest absolute Gasteiger partial charge is 0.497 e. The van der Waals surface area contributed by atoms with E-state index >= 15 is 0 Å². The molecule has 0 radical (unpaired) electrons. The minimum absolute atomic E-state index is 0.134. The van der Waals surface area contributed by atoms with E-state index in [-0.39, 0.29) is 17.3 Å². The van der Waals surface area contributed by atoms with Crippen molar-refractivity contribution >= 4 is 33.4 Å². The van der Waals surface area contributed by atoms with E-state index in [2.05, 4.69) is 17.4 Å². The molecule has 0 bridgehead atoms. The number of amides is 1. The fraction of sp³-hybridized carbons (Fsp3) is 0.240. The third kappa shape index (κ3) is 7.00. The summed E-state index contributed by atoms with van der Waals surface area (Å²) in [5.74, 6) is 1.83. The van der Waals surface area contributed by atoms with Crippen LogP contribution in [-0.4, -0.2) is 40.3 Å². The van der Waals surface area contributed by atoms with Gasteiger partial charge in [-0.15, -0.1) is 0 Å². The molecule has 0 aromatic heterocycles. The zero-order chi connectivity index (χ0) is 23.7. The van der Waals surface area contributed by atoms with Crippen LogP contribution < -0.4 is 14.4 Å². The van der Waals surface area contributed by atoms with Crippen molar-refractivity contribution in [2.24, 2.45) is 0 Å². The van der Waals surface area contributed by atoms with Crippen LogP contribution in [0.1, 0.15) is 11.1 Å². The highest BCUT2D eigenvalue weighted by Crippen LogP contribution is 2.26. The standard InChI is InChI=1S/C25H28N2O4S2/c1-20-8-14-24(15-9-20)33(29,30)27(22-10-12-23(31-2)13-11-22)18-25(28)26-16-17-32-19-21-6-4-3-5-7-21/h3-15H,16-19H2,1-2H3,(H,26,28). The molecule has 0 unspecified atom stereocenters. The Kier molecular flexibility index (Phi) is 8.79. The van der Waals surface area contributed by atoms with Gasteiger partial charge in [0, 0.05) is 18.1 Å². The molecule has 1 amide bonds. The Labute approximate surface area is 200 Å². The number of rotatable bonds is 11. The fourth-order valence-corrected chi connectivity index (χ4v) is 5.35. The summed E-state index contributed by atoms with van der Waals surface area (Å²) < 4.78 is 33.1. The first kappa shape index (κ1) is 24.7. The molecule has 0 spiro atoms. The van der Waals surface area contributed by atoms with Gasteiger partial charge in [-0.2, -0.15) is 11.8 Å². The van der Waals surface area contributed by atoms with Crippen molar-refractivity contribution in [1.29, 1.82) is 0 Å². The van der Waals surface area contributed by atoms with E-state index in [0.29, 0.717) is 18.0 Å². The number of thioether (sulfide) groups is 1. The van der Waals surface area contributed by atoms with Crippen LogP contribution in [0.2, 0.25) is 0 Å². The van der Waals surface area contributed by atoms with Gasteiger partial charge in [-0.3, -0.25) is 9.10 Å². The molecule has 8 heteroatoms. The number of ether oxygens (including phenoxy) is 1. The van der Waals surface area contributed by atoms with Gasteiger partial charge in [0.25, 0.3) is 10.0 Å². The van der Waals surface area contributed by atoms with E-state index < -0.39 is 10.0 Å². The van der Waals surface area contributed by atoms with Gasteiger partial charge in [0.2, 0.25) is 5.91 Å². The van der Waals surface area contributed by atoms with E-state index in [1.807, 2.05) is 25.1 Å². The minimum atomic E-state index is -3.93. The molecule has 1 N–H and O–H groups in total. The van der Waals surface area contributed by atoms with Crippen molar-refractivity contribution in [3.05, 3.63) is 90.0 Å². The monoisotopic (exact) mass is 484 g/mol. The Hall–Kier alpha value is -2.97. The highest BCUT2D eigenvalue weighted by Gasteiger charge is 2.27. The Balaban J connectivity index is 1.67. The summed E-state index contributed by atoms with van der Waals surface area (Å²) in [6.07, 6.45) is 0. The summed E-state index contributed by atoms with van der Waals surface area (Å²) in [6, 6.07) is 23.3. The quantitative estimate of drug-likeness (QED) is 0.412. The molecule has 3 aromatic carbocycles. The first-order valence-electron chi connectivity index (χ1n) is 10.5. The van der Waals surface area contributed by atoms with Gasteiger partial charge in [-0.25, -0.2) is 8.42 Å². The first-order valence-corrected chi connectivity index (χ1v) is 13.1. The highest BCUT2D eigenvalue weighted by atomic mass is 32.2. The van der Waals surface area contributed by atoms with E-state index in [4.69, 9.17) is 4.74 Å². The lowest BCUT2D eigenvalue weighted by Crippen LogP contribution is -2.41. The average molecular weight is 485 g/mol. The Bertz CT molecular complexity index is 1130. The molecule has 33 heavy (non-hydrogen) atoms. The number of nitrogens with one attached hydrogen (secondary N) is 1. The van der Waals surface area contributed by atoms with Crippen molar-refractivity contribution in [2.75, 3.05) is 30.3 Å². The van der Waals surface area contributed by atoms with Crippen molar-refractivity contribution < 1.29 is 17.9 Å². The van der Waals surface area contributed by atoms with Crippen molar-refractivity contribution in [1.82, 2.24) is 5.32 Å². The van der Waals surface area contributed by atoms with E-state index in [9.17, 15) is 13.2 Å². The van der Waals surface area contributed by atoms with Crippen LogP contribution in [0.4, 0.5) is 5.69 Å². The molecule has 0 aliphatic carbocycles. The molecule has 0 aliphatic rings. The molecule has 6 nitrogen and oxygen atoms in total. The van der Waals surface area contributed by atoms with Gasteiger partial charge in [-0.1, -0.05) is 48.0 Å². The van der Waals surface area contributed by atoms with Crippen LogP contribution >= 0.6 is 11.8 Å². The number of carbonyl (C=O) groups excluding carboxylic acids is 1. The Morgan fingerprint density at radius 2 is 1.64 bits per heavy atom. The van der Waals surface area contributed by atoms with Crippen molar-refractivity contribution in [2.45, 2.75) is 17.6 Å². The SMILES string of the molecule is COc1ccc(N(CC(=O)NCCSCc2ccccc2)S(=O)(=O)c2ccc(C)cc2)cc1. The van der Waals surface area contributed by atoms with Crippen molar-refractivity contribution in [3.8, 4) is 5.75 Å². The maximum absolute atomic E-state index is 13.4. The van der Waals surface area contributed by atoms with Crippen molar-refractivity contribution in [3.63, 3.8) is 0 Å². The molecule has 0 fully saturated rings. The van der Waals surface area contributed by atoms with Crippen LogP contribution in [0.15, 0.2) is 83.8 Å². The number of hydrogen-bond donors (Lipinski definition) is 1. The van der Waals surface area contributed by atoms with Gasteiger partial charge >= 0.3 is 0 Å². The molecule has 0 saturated carbocycles. The third-order valence-corrected chi connectivity index (χ3v) is 7.76. The molecule has 174 valence electrons. The summed E-state index contributed by atoms with van der Waals surface area (Å²) in [5.41, 5.74) is 2.57. The zero-order valence-corrected chi connectivity index (χ0v) is 20.4. The first-order chi connectivity index (χ1) is 15.9. The molecule has 0 aliphatic heterocycles. The number of benzene rings is 3. The second-order valence-corrected chi connectivity index (χ2v) is 10.4. The van der Waals surface area contributed by atoms with Gasteiger partial charge < -0.3 is 10.1 Å². The van der Waals surface area contributed by atoms with Gasteiger partial charge in [0.1, 0.15) is 12.3 Å². The second-order valence-electron chi connectivity index (χ2n) is 7.41.